The van der Waals surface area contributed by atoms with Gasteiger partial charge < -0.3 is 15.1 Å². The molecule has 0 unspecified atom stereocenters. The molecule has 0 bridgehead atoms. The average Bonchev–Trinajstić information content (AvgIpc) is 2.93. The number of phenolic OH excluding ortho intramolecular Hbond substituents is 1. The molecule has 0 fully saturated rings. The lowest BCUT2D eigenvalue weighted by molar-refractivity contribution is -0.136. The minimum atomic E-state index is -2.15. The van der Waals surface area contributed by atoms with Crippen LogP contribution in [-0.2, 0) is 16.9 Å². The predicted molar refractivity (Wildman–Crippen MR) is 110 cm³/mol. The van der Waals surface area contributed by atoms with Crippen LogP contribution in [0.15, 0.2) is 66.7 Å². The molecule has 7 heteroatoms. The van der Waals surface area contributed by atoms with Gasteiger partial charge in [-0.05, 0) is 30.3 Å². The number of aliphatic hydroxyl groups is 1. The Labute approximate surface area is 177 Å². The van der Waals surface area contributed by atoms with Gasteiger partial charge >= 0.3 is 0 Å². The number of para-hydroxylation sites is 2. The molecule has 3 aromatic rings. The van der Waals surface area contributed by atoms with Gasteiger partial charge in [0.05, 0.1) is 24.2 Å². The largest absolute Gasteiger partial charge is 0.507 e. The molecule has 5 nitrogen and oxygen atoms in total. The summed E-state index contributed by atoms with van der Waals surface area (Å²) in [5.74, 6) is -2.16. The Kier molecular flexibility index (Phi) is 5.05. The first-order valence-corrected chi connectivity index (χ1v) is 9.58. The van der Waals surface area contributed by atoms with E-state index < -0.39 is 29.5 Å². The van der Waals surface area contributed by atoms with Crippen molar-refractivity contribution in [1.82, 2.24) is 0 Å². The molecule has 1 aliphatic heterocycles. The van der Waals surface area contributed by atoms with E-state index in [4.69, 9.17) is 11.6 Å². The maximum absolute atomic E-state index is 14.3. The van der Waals surface area contributed by atoms with Gasteiger partial charge in [-0.3, -0.25) is 9.59 Å². The van der Waals surface area contributed by atoms with Crippen LogP contribution in [-0.4, -0.2) is 21.9 Å². The topological polar surface area (TPSA) is 77.8 Å². The van der Waals surface area contributed by atoms with Gasteiger partial charge in [0.1, 0.15) is 11.6 Å². The van der Waals surface area contributed by atoms with Crippen molar-refractivity contribution < 1.29 is 24.2 Å². The van der Waals surface area contributed by atoms with Gasteiger partial charge in [0.2, 0.25) is 0 Å². The Morgan fingerprint density at radius 1 is 1.03 bits per heavy atom. The van der Waals surface area contributed by atoms with Crippen molar-refractivity contribution in [3.05, 3.63) is 94.3 Å². The highest BCUT2D eigenvalue weighted by molar-refractivity contribution is 6.31. The third-order valence-electron chi connectivity index (χ3n) is 5.24. The minimum absolute atomic E-state index is 0.00630. The number of rotatable bonds is 5. The van der Waals surface area contributed by atoms with E-state index >= 15 is 0 Å². The highest BCUT2D eigenvalue weighted by Crippen LogP contribution is 2.44. The van der Waals surface area contributed by atoms with E-state index in [-0.39, 0.29) is 34.0 Å². The molecule has 0 radical (unpaired) electrons. The zero-order valence-corrected chi connectivity index (χ0v) is 16.4. The number of aromatic hydroxyl groups is 1. The fourth-order valence-electron chi connectivity index (χ4n) is 3.71. The van der Waals surface area contributed by atoms with Gasteiger partial charge in [0.25, 0.3) is 5.91 Å². The van der Waals surface area contributed by atoms with Crippen LogP contribution in [0.3, 0.4) is 0 Å². The fourth-order valence-corrected chi connectivity index (χ4v) is 3.94. The molecule has 3 aromatic carbocycles. The van der Waals surface area contributed by atoms with Gasteiger partial charge in [0, 0.05) is 16.1 Å². The predicted octanol–water partition coefficient (Wildman–Crippen LogP) is 4.19. The van der Waals surface area contributed by atoms with Crippen LogP contribution in [0.25, 0.3) is 0 Å². The quantitative estimate of drug-likeness (QED) is 0.601. The number of benzene rings is 3. The lowest BCUT2D eigenvalue weighted by Gasteiger charge is -2.23. The third kappa shape index (κ3) is 3.24. The maximum Gasteiger partial charge on any atom is 0.264 e. The van der Waals surface area contributed by atoms with Crippen molar-refractivity contribution in [2.24, 2.45) is 0 Å². The van der Waals surface area contributed by atoms with Gasteiger partial charge in [-0.25, -0.2) is 4.39 Å². The number of carbonyl (C=O) groups is 2. The summed E-state index contributed by atoms with van der Waals surface area (Å²) in [7, 11) is 0. The number of fused-ring (bicyclic) bond motifs is 1. The lowest BCUT2D eigenvalue weighted by atomic mass is 9.88. The normalized spacial score (nSPS) is 17.8. The summed E-state index contributed by atoms with van der Waals surface area (Å²) in [6.45, 7) is -0.200. The highest BCUT2D eigenvalue weighted by Gasteiger charge is 2.51. The summed E-state index contributed by atoms with van der Waals surface area (Å²) in [5.41, 5.74) is -1.42. The molecular weight excluding hydrogens is 409 g/mol. The summed E-state index contributed by atoms with van der Waals surface area (Å²) in [6, 6.07) is 16.6. The number of hydrogen-bond acceptors (Lipinski definition) is 4. The Balaban J connectivity index is 1.73. The van der Waals surface area contributed by atoms with Crippen molar-refractivity contribution in [3.63, 3.8) is 0 Å². The van der Waals surface area contributed by atoms with Crippen molar-refractivity contribution in [3.8, 4) is 5.75 Å². The first-order valence-electron chi connectivity index (χ1n) is 9.21. The molecule has 4 rings (SSSR count). The van der Waals surface area contributed by atoms with Crippen molar-refractivity contribution in [2.45, 2.75) is 18.6 Å². The lowest BCUT2D eigenvalue weighted by Crippen LogP contribution is -2.41. The molecule has 1 amide bonds. The number of nitrogens with zero attached hydrogens (tertiary/aromatic N) is 1. The van der Waals surface area contributed by atoms with Crippen LogP contribution in [0.2, 0.25) is 5.02 Å². The number of phenols is 1. The summed E-state index contributed by atoms with van der Waals surface area (Å²) < 4.78 is 14.3. The SMILES string of the molecule is O=C(C[C@@]1(O)C(=O)N(Cc2c(F)cccc2Cl)c2ccccc21)c1ccccc1O. The molecule has 30 heavy (non-hydrogen) atoms. The highest BCUT2D eigenvalue weighted by atomic mass is 35.5. The number of carbonyl (C=O) groups excluding carboxylic acids is 2. The van der Waals surface area contributed by atoms with Gasteiger partial charge in [-0.2, -0.15) is 0 Å². The Hall–Kier alpha value is -3.22. The molecular formula is C23H17ClFNO4. The zero-order chi connectivity index (χ0) is 21.5. The van der Waals surface area contributed by atoms with Crippen LogP contribution in [0.4, 0.5) is 10.1 Å². The molecule has 0 spiro atoms. The summed E-state index contributed by atoms with van der Waals surface area (Å²) in [4.78, 5) is 27.3. The second kappa shape index (κ2) is 7.55. The minimum Gasteiger partial charge on any atom is -0.507 e. The van der Waals surface area contributed by atoms with E-state index in [9.17, 15) is 24.2 Å². The Morgan fingerprint density at radius 3 is 2.47 bits per heavy atom. The second-order valence-electron chi connectivity index (χ2n) is 7.09. The Bertz CT molecular complexity index is 1150. The number of hydrogen-bond donors (Lipinski definition) is 2. The molecule has 2 N–H and O–H groups in total. The van der Waals surface area contributed by atoms with Gasteiger partial charge in [-0.1, -0.05) is 48.0 Å². The number of halogens is 2. The van der Waals surface area contributed by atoms with Crippen LogP contribution in [0.1, 0.15) is 27.9 Å². The summed E-state index contributed by atoms with van der Waals surface area (Å²) >= 11 is 6.11. The number of Topliss-reactive ketones (excluding diaryl/α,β-unsaturated/α-hetero) is 1. The Morgan fingerprint density at radius 2 is 1.73 bits per heavy atom. The molecule has 0 saturated heterocycles. The molecule has 152 valence electrons. The van der Waals surface area contributed by atoms with Crippen molar-refractivity contribution >= 4 is 29.0 Å². The van der Waals surface area contributed by atoms with E-state index in [2.05, 4.69) is 0 Å². The van der Waals surface area contributed by atoms with Crippen molar-refractivity contribution in [1.29, 1.82) is 0 Å². The van der Waals surface area contributed by atoms with Crippen LogP contribution in [0, 0.1) is 5.82 Å². The van der Waals surface area contributed by atoms with E-state index in [0.717, 1.165) is 0 Å². The van der Waals surface area contributed by atoms with Gasteiger partial charge in [0.15, 0.2) is 11.4 Å². The molecule has 1 aliphatic rings. The van der Waals surface area contributed by atoms with E-state index in [1.165, 1.54) is 35.2 Å². The fraction of sp³-hybridized carbons (Fsp3) is 0.130. The van der Waals surface area contributed by atoms with Crippen LogP contribution < -0.4 is 4.90 Å². The smallest absolute Gasteiger partial charge is 0.264 e. The first-order chi connectivity index (χ1) is 14.3. The summed E-state index contributed by atoms with van der Waals surface area (Å²) in [6.07, 6.45) is -0.568. The second-order valence-corrected chi connectivity index (χ2v) is 7.49. The number of amides is 1. The maximum atomic E-state index is 14.3. The molecule has 0 saturated carbocycles. The van der Waals surface area contributed by atoms with E-state index in [1.807, 2.05) is 0 Å². The van der Waals surface area contributed by atoms with Crippen LogP contribution in [0.5, 0.6) is 5.75 Å². The average molecular weight is 426 g/mol. The number of anilines is 1. The molecule has 1 heterocycles. The standard InChI is InChI=1S/C23H17ClFNO4/c24-17-8-5-9-18(25)15(17)13-26-19-10-3-2-7-16(19)23(30,22(26)29)12-21(28)14-6-1-4-11-20(14)27/h1-11,27,30H,12-13H2/t23-/m0/s1. The van der Waals surface area contributed by atoms with Crippen molar-refractivity contribution in [2.75, 3.05) is 4.90 Å². The molecule has 0 aliphatic carbocycles. The molecule has 1 atom stereocenters. The number of ketones is 1. The van der Waals surface area contributed by atoms with Crippen LogP contribution >= 0.6 is 11.6 Å². The van der Waals surface area contributed by atoms with E-state index in [1.54, 1.807) is 36.4 Å². The van der Waals surface area contributed by atoms with Gasteiger partial charge in [-0.15, -0.1) is 0 Å². The van der Waals surface area contributed by atoms with E-state index in [0.29, 0.717) is 5.69 Å². The molecule has 0 aromatic heterocycles. The summed E-state index contributed by atoms with van der Waals surface area (Å²) in [5, 5.41) is 21.4. The third-order valence-corrected chi connectivity index (χ3v) is 5.59. The zero-order valence-electron chi connectivity index (χ0n) is 15.7. The monoisotopic (exact) mass is 425 g/mol. The first kappa shape index (κ1) is 20.1.